The molecule has 0 saturated carbocycles. The Morgan fingerprint density at radius 2 is 2.07 bits per heavy atom. The van der Waals surface area contributed by atoms with Gasteiger partial charge in [0, 0.05) is 16.1 Å². The minimum atomic E-state index is 0.380. The van der Waals surface area contributed by atoms with Crippen LogP contribution in [0.25, 0.3) is 0 Å². The highest BCUT2D eigenvalue weighted by atomic mass is 32.2. The third kappa shape index (κ3) is 1.30. The van der Waals surface area contributed by atoms with Crippen molar-refractivity contribution in [3.8, 4) is 0 Å². The molecule has 0 amide bonds. The lowest BCUT2D eigenvalue weighted by Gasteiger charge is -2.30. The first-order valence-electron chi connectivity index (χ1n) is 5.28. The van der Waals surface area contributed by atoms with E-state index in [2.05, 4.69) is 45.9 Å². The molecule has 1 atom stereocenters. The summed E-state index contributed by atoms with van der Waals surface area (Å²) in [5, 5.41) is 0. The Balaban J connectivity index is 2.58. The van der Waals surface area contributed by atoms with E-state index in [9.17, 15) is 0 Å². The number of aryl methyl sites for hydroxylation is 1. The van der Waals surface area contributed by atoms with Crippen molar-refractivity contribution in [2.75, 3.05) is 5.75 Å². The molecule has 14 heavy (non-hydrogen) atoms. The predicted octanol–water partition coefficient (Wildman–Crippen LogP) is 4.01. The molecule has 1 unspecified atom stereocenters. The number of fused-ring (bicyclic) bond motifs is 1. The van der Waals surface area contributed by atoms with Crippen LogP contribution in [0, 0.1) is 12.8 Å². The summed E-state index contributed by atoms with van der Waals surface area (Å²) in [7, 11) is 0. The van der Waals surface area contributed by atoms with E-state index >= 15 is 0 Å². The largest absolute Gasteiger partial charge is 0.125 e. The molecule has 0 bridgehead atoms. The number of hydrogen-bond acceptors (Lipinski definition) is 1. The maximum atomic E-state index is 2.41. The van der Waals surface area contributed by atoms with Crippen LogP contribution in [0.3, 0.4) is 0 Å². The molecule has 0 aromatic heterocycles. The smallest absolute Gasteiger partial charge is 0.0113 e. The van der Waals surface area contributed by atoms with E-state index < -0.39 is 0 Å². The number of thioether (sulfide) groups is 1. The van der Waals surface area contributed by atoms with Gasteiger partial charge in [0.05, 0.1) is 0 Å². The Morgan fingerprint density at radius 1 is 1.36 bits per heavy atom. The Labute approximate surface area is 91.1 Å². The van der Waals surface area contributed by atoms with Crippen LogP contribution in [0.2, 0.25) is 0 Å². The van der Waals surface area contributed by atoms with Gasteiger partial charge < -0.3 is 0 Å². The molecule has 0 radical (unpaired) electrons. The van der Waals surface area contributed by atoms with E-state index in [4.69, 9.17) is 0 Å². The van der Waals surface area contributed by atoms with Crippen LogP contribution in [-0.4, -0.2) is 5.75 Å². The Kier molecular flexibility index (Phi) is 2.38. The lowest BCUT2D eigenvalue weighted by atomic mass is 9.73. The molecule has 0 N–H and O–H groups in total. The zero-order valence-corrected chi connectivity index (χ0v) is 10.2. The van der Waals surface area contributed by atoms with Crippen LogP contribution in [0.5, 0.6) is 0 Å². The normalized spacial score (nSPS) is 25.5. The van der Waals surface area contributed by atoms with Gasteiger partial charge in [-0.05, 0) is 30.0 Å². The van der Waals surface area contributed by atoms with E-state index in [1.54, 1.807) is 5.56 Å². The van der Waals surface area contributed by atoms with Gasteiger partial charge in [-0.2, -0.15) is 0 Å². The highest BCUT2D eigenvalue weighted by Gasteiger charge is 2.38. The van der Waals surface area contributed by atoms with Gasteiger partial charge in [-0.3, -0.25) is 0 Å². The summed E-state index contributed by atoms with van der Waals surface area (Å²) in [6.07, 6.45) is 0. The van der Waals surface area contributed by atoms with Gasteiger partial charge >= 0.3 is 0 Å². The summed E-state index contributed by atoms with van der Waals surface area (Å²) in [4.78, 5) is 1.50. The van der Waals surface area contributed by atoms with Crippen molar-refractivity contribution in [3.63, 3.8) is 0 Å². The van der Waals surface area contributed by atoms with Gasteiger partial charge in [0.15, 0.2) is 0 Å². The molecular weight excluding hydrogens is 188 g/mol. The van der Waals surface area contributed by atoms with Gasteiger partial charge in [0.2, 0.25) is 0 Å². The standard InChI is InChI=1S/C13H18S/c1-9(2)13(4)8-14-11-7-5-6-10(3)12(11)13/h5-7,9H,8H2,1-4H3. The van der Waals surface area contributed by atoms with Crippen molar-refractivity contribution in [2.45, 2.75) is 38.0 Å². The molecule has 1 aliphatic heterocycles. The van der Waals surface area contributed by atoms with Crippen molar-refractivity contribution in [1.29, 1.82) is 0 Å². The summed E-state index contributed by atoms with van der Waals surface area (Å²) in [6, 6.07) is 6.68. The van der Waals surface area contributed by atoms with Gasteiger partial charge in [-0.25, -0.2) is 0 Å². The van der Waals surface area contributed by atoms with Crippen LogP contribution in [-0.2, 0) is 5.41 Å². The number of benzene rings is 1. The van der Waals surface area contributed by atoms with Crippen LogP contribution in [0.4, 0.5) is 0 Å². The van der Waals surface area contributed by atoms with Gasteiger partial charge in [-0.15, -0.1) is 11.8 Å². The van der Waals surface area contributed by atoms with Gasteiger partial charge in [0.25, 0.3) is 0 Å². The zero-order chi connectivity index (χ0) is 10.3. The number of rotatable bonds is 1. The van der Waals surface area contributed by atoms with E-state index in [1.807, 2.05) is 11.8 Å². The molecular formula is C13H18S. The Bertz CT molecular complexity index is 354. The highest BCUT2D eigenvalue weighted by molar-refractivity contribution is 7.99. The molecule has 1 aromatic carbocycles. The van der Waals surface area contributed by atoms with Gasteiger partial charge in [-0.1, -0.05) is 32.9 Å². The average molecular weight is 206 g/mol. The monoisotopic (exact) mass is 206 g/mol. The lowest BCUT2D eigenvalue weighted by Crippen LogP contribution is -2.29. The van der Waals surface area contributed by atoms with Crippen molar-refractivity contribution in [1.82, 2.24) is 0 Å². The summed E-state index contributed by atoms with van der Waals surface area (Å²) >= 11 is 2.02. The molecule has 0 nitrogen and oxygen atoms in total. The molecule has 1 aromatic rings. The van der Waals surface area contributed by atoms with Crippen LogP contribution < -0.4 is 0 Å². The second-order valence-electron chi connectivity index (χ2n) is 4.81. The van der Waals surface area contributed by atoms with E-state index in [1.165, 1.54) is 16.2 Å². The third-order valence-electron chi connectivity index (χ3n) is 3.61. The van der Waals surface area contributed by atoms with Crippen LogP contribution in [0.1, 0.15) is 31.9 Å². The summed E-state index contributed by atoms with van der Waals surface area (Å²) in [5.74, 6) is 1.96. The average Bonchev–Trinajstić information content (AvgIpc) is 2.47. The molecule has 0 aliphatic carbocycles. The topological polar surface area (TPSA) is 0 Å². The van der Waals surface area contributed by atoms with E-state index in [-0.39, 0.29) is 0 Å². The van der Waals surface area contributed by atoms with Crippen LogP contribution >= 0.6 is 11.8 Å². The first-order chi connectivity index (χ1) is 6.55. The Hall–Kier alpha value is -0.430. The number of hydrogen-bond donors (Lipinski definition) is 0. The molecule has 1 heteroatoms. The maximum Gasteiger partial charge on any atom is 0.0113 e. The Morgan fingerprint density at radius 3 is 2.71 bits per heavy atom. The second kappa shape index (κ2) is 3.30. The van der Waals surface area contributed by atoms with E-state index in [0.29, 0.717) is 5.41 Å². The minimum Gasteiger partial charge on any atom is -0.125 e. The molecule has 0 spiro atoms. The summed E-state index contributed by atoms with van der Waals surface area (Å²) in [6.45, 7) is 9.32. The van der Waals surface area contributed by atoms with E-state index in [0.717, 1.165) is 5.92 Å². The maximum absolute atomic E-state index is 2.41. The minimum absolute atomic E-state index is 0.380. The second-order valence-corrected chi connectivity index (χ2v) is 5.83. The first-order valence-corrected chi connectivity index (χ1v) is 6.27. The summed E-state index contributed by atoms with van der Waals surface area (Å²) < 4.78 is 0. The predicted molar refractivity (Wildman–Crippen MR) is 64.1 cm³/mol. The molecule has 0 saturated heterocycles. The van der Waals surface area contributed by atoms with Gasteiger partial charge in [0.1, 0.15) is 0 Å². The molecule has 0 fully saturated rings. The quantitative estimate of drug-likeness (QED) is 0.669. The fourth-order valence-corrected chi connectivity index (χ4v) is 3.89. The highest BCUT2D eigenvalue weighted by Crippen LogP contribution is 2.48. The van der Waals surface area contributed by atoms with Crippen molar-refractivity contribution < 1.29 is 0 Å². The first kappa shape index (κ1) is 10.1. The lowest BCUT2D eigenvalue weighted by molar-refractivity contribution is 0.380. The fourth-order valence-electron chi connectivity index (χ4n) is 2.25. The third-order valence-corrected chi connectivity index (χ3v) is 5.00. The SMILES string of the molecule is Cc1cccc2c1C(C)(C(C)C)CS2. The molecule has 76 valence electrons. The van der Waals surface area contributed by atoms with Crippen molar-refractivity contribution >= 4 is 11.8 Å². The summed E-state index contributed by atoms with van der Waals surface area (Å²) in [5.41, 5.74) is 3.44. The fraction of sp³-hybridized carbons (Fsp3) is 0.538. The molecule has 1 aliphatic rings. The molecule has 1 heterocycles. The molecule has 2 rings (SSSR count). The zero-order valence-electron chi connectivity index (χ0n) is 9.42. The van der Waals surface area contributed by atoms with Crippen LogP contribution in [0.15, 0.2) is 23.1 Å². The van der Waals surface area contributed by atoms with Crippen molar-refractivity contribution in [3.05, 3.63) is 29.3 Å². The van der Waals surface area contributed by atoms with Crippen molar-refractivity contribution in [2.24, 2.45) is 5.92 Å².